The van der Waals surface area contributed by atoms with Crippen LogP contribution in [0, 0.1) is 18.7 Å². The van der Waals surface area contributed by atoms with Crippen LogP contribution < -0.4 is 5.43 Å². The molecule has 146 valence electrons. The van der Waals surface area contributed by atoms with E-state index in [0.717, 1.165) is 5.57 Å². The van der Waals surface area contributed by atoms with Gasteiger partial charge in [0.2, 0.25) is 0 Å². The lowest BCUT2D eigenvalue weighted by atomic mass is 10.1. The maximum Gasteiger partial charge on any atom is 0.196 e. The SMILES string of the molecule is C=C(OCC1CC1)C(=C\C=C\OC)/C=C/c1oc2cc(F)ccc2c(=O)c1C. The zero-order valence-electron chi connectivity index (χ0n) is 16.0. The molecule has 1 aromatic heterocycles. The predicted molar refractivity (Wildman–Crippen MR) is 108 cm³/mol. The Morgan fingerprint density at radius 1 is 1.39 bits per heavy atom. The molecule has 1 aliphatic rings. The molecule has 0 atom stereocenters. The van der Waals surface area contributed by atoms with Crippen LogP contribution in [0.4, 0.5) is 4.39 Å². The number of hydrogen-bond acceptors (Lipinski definition) is 4. The van der Waals surface area contributed by atoms with Crippen molar-refractivity contribution in [3.63, 3.8) is 0 Å². The van der Waals surface area contributed by atoms with Gasteiger partial charge in [-0.05, 0) is 62.1 Å². The lowest BCUT2D eigenvalue weighted by Gasteiger charge is -2.09. The average molecular weight is 382 g/mol. The zero-order chi connectivity index (χ0) is 20.1. The molecule has 0 spiro atoms. The molecular weight excluding hydrogens is 359 g/mol. The van der Waals surface area contributed by atoms with Crippen LogP contribution in [0.2, 0.25) is 0 Å². The minimum Gasteiger partial charge on any atom is -0.504 e. The van der Waals surface area contributed by atoms with Crippen LogP contribution in [0.25, 0.3) is 17.0 Å². The third-order valence-electron chi connectivity index (χ3n) is 4.54. The van der Waals surface area contributed by atoms with E-state index in [1.54, 1.807) is 38.3 Å². The first-order valence-corrected chi connectivity index (χ1v) is 9.12. The van der Waals surface area contributed by atoms with E-state index in [-0.39, 0.29) is 11.0 Å². The summed E-state index contributed by atoms with van der Waals surface area (Å²) < 4.78 is 29.9. The number of fused-ring (bicyclic) bond motifs is 1. The van der Waals surface area contributed by atoms with E-state index in [4.69, 9.17) is 13.9 Å². The highest BCUT2D eigenvalue weighted by atomic mass is 19.1. The fraction of sp³-hybridized carbons (Fsp3) is 0.261. The molecule has 1 saturated carbocycles. The molecular formula is C23H23FO4. The van der Waals surface area contributed by atoms with Crippen molar-refractivity contribution in [3.8, 4) is 0 Å². The van der Waals surface area contributed by atoms with Crippen LogP contribution in [-0.4, -0.2) is 13.7 Å². The lowest BCUT2D eigenvalue weighted by Crippen LogP contribution is -2.07. The van der Waals surface area contributed by atoms with Crippen molar-refractivity contribution in [2.75, 3.05) is 13.7 Å². The molecule has 3 rings (SSSR count). The molecule has 1 aromatic carbocycles. The first kappa shape index (κ1) is 19.7. The highest BCUT2D eigenvalue weighted by Gasteiger charge is 2.22. The van der Waals surface area contributed by atoms with Gasteiger partial charge in [0.15, 0.2) is 5.43 Å². The Labute approximate surface area is 163 Å². The van der Waals surface area contributed by atoms with Crippen molar-refractivity contribution >= 4 is 17.0 Å². The van der Waals surface area contributed by atoms with Gasteiger partial charge in [0.05, 0.1) is 25.4 Å². The van der Waals surface area contributed by atoms with Crippen LogP contribution in [-0.2, 0) is 9.47 Å². The van der Waals surface area contributed by atoms with Gasteiger partial charge in [0.25, 0.3) is 0 Å². The summed E-state index contributed by atoms with van der Waals surface area (Å²) in [5.74, 6) is 1.03. The van der Waals surface area contributed by atoms with Crippen LogP contribution in [0.3, 0.4) is 0 Å². The quantitative estimate of drug-likeness (QED) is 0.460. The number of halogens is 1. The van der Waals surface area contributed by atoms with Gasteiger partial charge >= 0.3 is 0 Å². The van der Waals surface area contributed by atoms with E-state index >= 15 is 0 Å². The predicted octanol–water partition coefficient (Wildman–Crippen LogP) is 5.28. The zero-order valence-corrected chi connectivity index (χ0v) is 16.0. The van der Waals surface area contributed by atoms with E-state index in [1.807, 2.05) is 0 Å². The van der Waals surface area contributed by atoms with Gasteiger partial charge in [-0.25, -0.2) is 4.39 Å². The van der Waals surface area contributed by atoms with Gasteiger partial charge in [0, 0.05) is 17.2 Å². The normalized spacial score (nSPS) is 14.9. The summed E-state index contributed by atoms with van der Waals surface area (Å²) in [7, 11) is 1.56. The monoisotopic (exact) mass is 382 g/mol. The van der Waals surface area contributed by atoms with Crippen LogP contribution in [0.5, 0.6) is 0 Å². The molecule has 0 saturated heterocycles. The second-order valence-electron chi connectivity index (χ2n) is 6.76. The molecule has 0 N–H and O–H groups in total. The number of ether oxygens (including phenoxy) is 2. The third kappa shape index (κ3) is 4.80. The Balaban J connectivity index is 1.91. The van der Waals surface area contributed by atoms with Crippen molar-refractivity contribution in [2.24, 2.45) is 5.92 Å². The van der Waals surface area contributed by atoms with Crippen LogP contribution in [0.1, 0.15) is 24.2 Å². The lowest BCUT2D eigenvalue weighted by molar-refractivity contribution is 0.209. The molecule has 4 nitrogen and oxygen atoms in total. The smallest absolute Gasteiger partial charge is 0.196 e. The summed E-state index contributed by atoms with van der Waals surface area (Å²) in [4.78, 5) is 12.5. The third-order valence-corrected chi connectivity index (χ3v) is 4.54. The molecule has 0 unspecified atom stereocenters. The number of allylic oxidation sites excluding steroid dienone is 3. The minimum atomic E-state index is -0.457. The van der Waals surface area contributed by atoms with E-state index in [2.05, 4.69) is 6.58 Å². The van der Waals surface area contributed by atoms with E-state index < -0.39 is 5.82 Å². The highest BCUT2D eigenvalue weighted by molar-refractivity contribution is 5.78. The molecule has 1 fully saturated rings. The van der Waals surface area contributed by atoms with Gasteiger partial charge < -0.3 is 13.9 Å². The fourth-order valence-electron chi connectivity index (χ4n) is 2.65. The van der Waals surface area contributed by atoms with E-state index in [0.29, 0.717) is 35.0 Å². The molecule has 0 bridgehead atoms. The average Bonchev–Trinajstić information content (AvgIpc) is 3.50. The topological polar surface area (TPSA) is 48.7 Å². The first-order valence-electron chi connectivity index (χ1n) is 9.12. The fourth-order valence-corrected chi connectivity index (χ4v) is 2.65. The van der Waals surface area contributed by atoms with Gasteiger partial charge in [-0.15, -0.1) is 0 Å². The first-order chi connectivity index (χ1) is 13.5. The van der Waals surface area contributed by atoms with Crippen molar-refractivity contribution in [1.82, 2.24) is 0 Å². The standard InChI is InChI=1S/C23H23FO4/c1-15-21(28-22-13-19(24)9-10-20(22)23(15)25)11-8-18(5-4-12-26-3)16(2)27-14-17-6-7-17/h4-5,8-13,17H,2,6-7,14H2,1,3H3/b11-8+,12-4+,18-5-. The molecule has 0 radical (unpaired) electrons. The number of rotatable bonds is 8. The van der Waals surface area contributed by atoms with Crippen LogP contribution in [0.15, 0.2) is 69.8 Å². The summed E-state index contributed by atoms with van der Waals surface area (Å²) in [6, 6.07) is 3.90. The van der Waals surface area contributed by atoms with Gasteiger partial charge in [-0.1, -0.05) is 6.58 Å². The Morgan fingerprint density at radius 2 is 2.18 bits per heavy atom. The second kappa shape index (κ2) is 8.74. The van der Waals surface area contributed by atoms with Gasteiger partial charge in [-0.3, -0.25) is 4.79 Å². The summed E-state index contributed by atoms with van der Waals surface area (Å²) in [5.41, 5.74) is 1.19. The summed E-state index contributed by atoms with van der Waals surface area (Å²) >= 11 is 0. The number of methoxy groups -OCH3 is 1. The minimum absolute atomic E-state index is 0.186. The van der Waals surface area contributed by atoms with E-state index in [9.17, 15) is 9.18 Å². The molecule has 1 heterocycles. The highest BCUT2D eigenvalue weighted by Crippen LogP contribution is 2.30. The maximum absolute atomic E-state index is 13.5. The van der Waals surface area contributed by atoms with E-state index in [1.165, 1.54) is 37.3 Å². The van der Waals surface area contributed by atoms with Crippen molar-refractivity contribution in [3.05, 3.63) is 88.0 Å². The Morgan fingerprint density at radius 3 is 2.89 bits per heavy atom. The van der Waals surface area contributed by atoms with Crippen molar-refractivity contribution in [2.45, 2.75) is 19.8 Å². The molecule has 0 aliphatic heterocycles. The largest absolute Gasteiger partial charge is 0.504 e. The molecule has 5 heteroatoms. The van der Waals surface area contributed by atoms with Crippen molar-refractivity contribution in [1.29, 1.82) is 0 Å². The molecule has 1 aliphatic carbocycles. The Kier molecular flexibility index (Phi) is 6.14. The summed E-state index contributed by atoms with van der Waals surface area (Å²) in [5, 5.41) is 0.354. The van der Waals surface area contributed by atoms with Gasteiger partial charge in [-0.2, -0.15) is 0 Å². The van der Waals surface area contributed by atoms with Gasteiger partial charge in [0.1, 0.15) is 22.9 Å². The Hall–Kier alpha value is -3.08. The number of benzene rings is 1. The maximum atomic E-state index is 13.5. The molecule has 28 heavy (non-hydrogen) atoms. The summed E-state index contributed by atoms with van der Waals surface area (Å²) in [6.07, 6.45) is 10.8. The Bertz CT molecular complexity index is 1020. The van der Waals surface area contributed by atoms with Crippen molar-refractivity contribution < 1.29 is 18.3 Å². The second-order valence-corrected chi connectivity index (χ2v) is 6.76. The summed E-state index contributed by atoms with van der Waals surface area (Å²) in [6.45, 7) is 6.31. The molecule has 0 amide bonds. The molecule has 2 aromatic rings. The van der Waals surface area contributed by atoms with Crippen LogP contribution >= 0.6 is 0 Å². The number of hydrogen-bond donors (Lipinski definition) is 0.